The number of carbonyl (C=O) groups is 1. The molecular formula is C12H22F3N3O. The molecule has 2 unspecified atom stereocenters. The fraction of sp³-hybridized carbons (Fsp3) is 0.917. The first-order valence-electron chi connectivity index (χ1n) is 6.74. The second kappa shape index (κ2) is 6.98. The molecule has 7 heteroatoms. The summed E-state index contributed by atoms with van der Waals surface area (Å²) in [4.78, 5) is 12.9. The minimum atomic E-state index is -4.38. The molecule has 112 valence electrons. The number of alkyl halides is 3. The number of rotatable bonds is 4. The van der Waals surface area contributed by atoms with Crippen molar-refractivity contribution in [1.82, 2.24) is 10.2 Å². The van der Waals surface area contributed by atoms with Crippen LogP contribution in [0, 0.1) is 0 Å². The third kappa shape index (κ3) is 4.26. The van der Waals surface area contributed by atoms with Crippen LogP contribution in [0.2, 0.25) is 0 Å². The van der Waals surface area contributed by atoms with Crippen LogP contribution in [-0.2, 0) is 0 Å². The molecule has 2 atom stereocenters. The number of hydrogen-bond donors (Lipinski definition) is 2. The Morgan fingerprint density at radius 1 is 1.42 bits per heavy atom. The zero-order valence-corrected chi connectivity index (χ0v) is 11.2. The lowest BCUT2D eigenvalue weighted by molar-refractivity contribution is -0.189. The van der Waals surface area contributed by atoms with E-state index in [0.717, 1.165) is 4.90 Å². The van der Waals surface area contributed by atoms with E-state index >= 15 is 0 Å². The summed E-state index contributed by atoms with van der Waals surface area (Å²) in [6.07, 6.45) is -2.24. The van der Waals surface area contributed by atoms with Crippen molar-refractivity contribution in [3.63, 3.8) is 0 Å². The van der Waals surface area contributed by atoms with Gasteiger partial charge in [-0.2, -0.15) is 13.2 Å². The quantitative estimate of drug-likeness (QED) is 0.830. The summed E-state index contributed by atoms with van der Waals surface area (Å²) in [5.41, 5.74) is 5.44. The minimum Gasteiger partial charge on any atom is -0.338 e. The number of likely N-dealkylation sites (tertiary alicyclic amines) is 1. The molecule has 0 aromatic heterocycles. The fourth-order valence-corrected chi connectivity index (χ4v) is 2.51. The first kappa shape index (κ1) is 16.1. The summed E-state index contributed by atoms with van der Waals surface area (Å²) < 4.78 is 39.1. The number of amides is 2. The maximum Gasteiger partial charge on any atom is 0.408 e. The Morgan fingerprint density at radius 3 is 2.63 bits per heavy atom. The first-order valence-corrected chi connectivity index (χ1v) is 6.74. The zero-order chi connectivity index (χ0) is 14.5. The molecule has 2 amide bonds. The smallest absolute Gasteiger partial charge is 0.338 e. The molecule has 1 aliphatic rings. The maximum atomic E-state index is 13.0. The third-order valence-corrected chi connectivity index (χ3v) is 3.38. The van der Waals surface area contributed by atoms with Crippen LogP contribution in [0.25, 0.3) is 0 Å². The van der Waals surface area contributed by atoms with Crippen LogP contribution >= 0.6 is 0 Å². The second-order valence-corrected chi connectivity index (χ2v) is 4.86. The van der Waals surface area contributed by atoms with Gasteiger partial charge in [0.1, 0.15) is 6.04 Å². The van der Waals surface area contributed by atoms with Gasteiger partial charge < -0.3 is 16.0 Å². The van der Waals surface area contributed by atoms with Crippen LogP contribution in [0.4, 0.5) is 18.0 Å². The number of hydrogen-bond acceptors (Lipinski definition) is 2. The molecule has 19 heavy (non-hydrogen) atoms. The predicted molar refractivity (Wildman–Crippen MR) is 66.7 cm³/mol. The summed E-state index contributed by atoms with van der Waals surface area (Å²) in [5, 5.41) is 2.54. The zero-order valence-electron chi connectivity index (χ0n) is 11.2. The molecule has 1 saturated heterocycles. The van der Waals surface area contributed by atoms with Crippen LogP contribution in [0.15, 0.2) is 0 Å². The lowest BCUT2D eigenvalue weighted by Crippen LogP contribution is -2.59. The molecule has 1 aliphatic heterocycles. The highest BCUT2D eigenvalue weighted by Gasteiger charge is 2.49. The number of nitrogens with one attached hydrogen (secondary N) is 1. The Morgan fingerprint density at radius 2 is 2.11 bits per heavy atom. The largest absolute Gasteiger partial charge is 0.408 e. The number of piperidine rings is 1. The lowest BCUT2D eigenvalue weighted by Gasteiger charge is -2.42. The van der Waals surface area contributed by atoms with Crippen molar-refractivity contribution in [3.05, 3.63) is 0 Å². The van der Waals surface area contributed by atoms with Gasteiger partial charge in [-0.3, -0.25) is 0 Å². The summed E-state index contributed by atoms with van der Waals surface area (Å²) in [5.74, 6) is 0. The van der Waals surface area contributed by atoms with Crippen LogP contribution in [-0.4, -0.2) is 42.3 Å². The van der Waals surface area contributed by atoms with Gasteiger partial charge in [0.25, 0.3) is 0 Å². The number of urea groups is 1. The molecule has 0 bridgehead atoms. The van der Waals surface area contributed by atoms with E-state index in [0.29, 0.717) is 32.2 Å². The van der Waals surface area contributed by atoms with Gasteiger partial charge in [0.15, 0.2) is 0 Å². The normalized spacial score (nSPS) is 24.4. The van der Waals surface area contributed by atoms with E-state index in [4.69, 9.17) is 5.73 Å². The van der Waals surface area contributed by atoms with Crippen LogP contribution in [0.3, 0.4) is 0 Å². The SMILES string of the molecule is CCCNC(=O)N1C(CCN)CCCC1C(F)(F)F. The van der Waals surface area contributed by atoms with Crippen LogP contribution in [0.1, 0.15) is 39.0 Å². The molecule has 0 radical (unpaired) electrons. The van der Waals surface area contributed by atoms with Gasteiger partial charge in [-0.15, -0.1) is 0 Å². The molecular weight excluding hydrogens is 259 g/mol. The van der Waals surface area contributed by atoms with Crippen molar-refractivity contribution >= 4 is 6.03 Å². The fourth-order valence-electron chi connectivity index (χ4n) is 2.51. The lowest BCUT2D eigenvalue weighted by atomic mass is 9.93. The Kier molecular flexibility index (Phi) is 5.90. The van der Waals surface area contributed by atoms with Gasteiger partial charge >= 0.3 is 12.2 Å². The topological polar surface area (TPSA) is 58.4 Å². The van der Waals surface area contributed by atoms with Gasteiger partial charge in [0, 0.05) is 12.6 Å². The van der Waals surface area contributed by atoms with Crippen molar-refractivity contribution in [3.8, 4) is 0 Å². The van der Waals surface area contributed by atoms with E-state index in [9.17, 15) is 18.0 Å². The van der Waals surface area contributed by atoms with Crippen molar-refractivity contribution < 1.29 is 18.0 Å². The van der Waals surface area contributed by atoms with E-state index in [1.807, 2.05) is 6.92 Å². The summed E-state index contributed by atoms with van der Waals surface area (Å²) in [6.45, 7) is 2.52. The molecule has 1 heterocycles. The number of halogens is 3. The number of nitrogens with zero attached hydrogens (tertiary/aromatic N) is 1. The van der Waals surface area contributed by atoms with Crippen LogP contribution < -0.4 is 11.1 Å². The van der Waals surface area contributed by atoms with Crippen molar-refractivity contribution in [2.24, 2.45) is 5.73 Å². The summed E-state index contributed by atoms with van der Waals surface area (Å²) >= 11 is 0. The molecule has 0 saturated carbocycles. The Bertz CT molecular complexity index is 294. The second-order valence-electron chi connectivity index (χ2n) is 4.86. The molecule has 0 aromatic carbocycles. The predicted octanol–water partition coefficient (Wildman–Crippen LogP) is 2.24. The highest BCUT2D eigenvalue weighted by Crippen LogP contribution is 2.35. The van der Waals surface area contributed by atoms with E-state index in [1.165, 1.54) is 0 Å². The molecule has 4 nitrogen and oxygen atoms in total. The third-order valence-electron chi connectivity index (χ3n) is 3.38. The van der Waals surface area contributed by atoms with Crippen molar-refractivity contribution in [2.75, 3.05) is 13.1 Å². The molecule has 0 aliphatic carbocycles. The van der Waals surface area contributed by atoms with Crippen molar-refractivity contribution in [1.29, 1.82) is 0 Å². The van der Waals surface area contributed by atoms with Gasteiger partial charge in [-0.25, -0.2) is 4.79 Å². The van der Waals surface area contributed by atoms with Gasteiger partial charge in [-0.05, 0) is 38.6 Å². The minimum absolute atomic E-state index is 0.0237. The highest BCUT2D eigenvalue weighted by molar-refractivity contribution is 5.75. The van der Waals surface area contributed by atoms with E-state index in [1.54, 1.807) is 0 Å². The molecule has 1 fully saturated rings. The molecule has 3 N–H and O–H groups in total. The van der Waals surface area contributed by atoms with Gasteiger partial charge in [0.05, 0.1) is 0 Å². The standard InChI is InChI=1S/C12H22F3N3O/c1-2-8-17-11(19)18-9(6-7-16)4-3-5-10(18)12(13,14)15/h9-10H,2-8,16H2,1H3,(H,17,19). The summed E-state index contributed by atoms with van der Waals surface area (Å²) in [7, 11) is 0. The summed E-state index contributed by atoms with van der Waals surface area (Å²) in [6, 6.07) is -2.72. The monoisotopic (exact) mass is 281 g/mol. The Balaban J connectivity index is 2.86. The van der Waals surface area contributed by atoms with Gasteiger partial charge in [-0.1, -0.05) is 6.92 Å². The first-order chi connectivity index (χ1) is 8.91. The molecule has 1 rings (SSSR count). The average molecular weight is 281 g/mol. The van der Waals surface area contributed by atoms with Crippen molar-refractivity contribution in [2.45, 2.75) is 57.3 Å². The average Bonchev–Trinajstić information content (AvgIpc) is 2.35. The Labute approximate surface area is 111 Å². The number of carbonyl (C=O) groups excluding carboxylic acids is 1. The van der Waals surface area contributed by atoms with E-state index in [-0.39, 0.29) is 13.0 Å². The van der Waals surface area contributed by atoms with Crippen LogP contribution in [0.5, 0.6) is 0 Å². The highest BCUT2D eigenvalue weighted by atomic mass is 19.4. The number of nitrogens with two attached hydrogens (primary N) is 1. The maximum absolute atomic E-state index is 13.0. The van der Waals surface area contributed by atoms with E-state index < -0.39 is 24.3 Å². The molecule has 0 aromatic rings. The van der Waals surface area contributed by atoms with Gasteiger partial charge in [0.2, 0.25) is 0 Å². The Hall–Kier alpha value is -0.980. The molecule has 0 spiro atoms. The van der Waals surface area contributed by atoms with E-state index in [2.05, 4.69) is 5.32 Å².